The molecule has 0 fully saturated rings. The first-order chi connectivity index (χ1) is 9.95. The second-order valence-corrected chi connectivity index (χ2v) is 4.90. The molecule has 0 aliphatic carbocycles. The highest BCUT2D eigenvalue weighted by Crippen LogP contribution is 2.21. The van der Waals surface area contributed by atoms with Gasteiger partial charge < -0.3 is 10.0 Å². The molecule has 0 radical (unpaired) electrons. The molecule has 0 unspecified atom stereocenters. The van der Waals surface area contributed by atoms with Crippen LogP contribution in [0.25, 0.3) is 0 Å². The van der Waals surface area contributed by atoms with Crippen LogP contribution in [-0.4, -0.2) is 17.6 Å². The molecule has 0 spiro atoms. The van der Waals surface area contributed by atoms with Crippen LogP contribution >= 0.6 is 11.6 Å². The fourth-order valence-electron chi connectivity index (χ4n) is 1.91. The van der Waals surface area contributed by atoms with Gasteiger partial charge in [-0.3, -0.25) is 4.79 Å². The predicted octanol–water partition coefficient (Wildman–Crippen LogP) is 3.71. The number of aliphatic carboxylic acids is 1. The van der Waals surface area contributed by atoms with Crippen molar-refractivity contribution in [1.82, 2.24) is 0 Å². The zero-order valence-electron chi connectivity index (χ0n) is 10.9. The number of carboxylic acid groups (broad SMARTS) is 1. The number of carboxylic acids is 1. The lowest BCUT2D eigenvalue weighted by Crippen LogP contribution is -2.29. The molecular weight excluding hydrogens is 300 g/mol. The van der Waals surface area contributed by atoms with Gasteiger partial charge in [-0.05, 0) is 30.3 Å². The van der Waals surface area contributed by atoms with E-state index in [0.29, 0.717) is 10.7 Å². The molecule has 6 heteroatoms. The second kappa shape index (κ2) is 6.54. The minimum atomic E-state index is -1.05. The molecule has 0 saturated carbocycles. The van der Waals surface area contributed by atoms with Crippen molar-refractivity contribution < 1.29 is 18.7 Å². The van der Waals surface area contributed by atoms with Crippen molar-refractivity contribution in [3.8, 4) is 0 Å². The monoisotopic (exact) mass is 311 g/mol. The summed E-state index contributed by atoms with van der Waals surface area (Å²) in [6.45, 7) is -0.293. The van der Waals surface area contributed by atoms with E-state index < -0.39 is 17.6 Å². The fourth-order valence-corrected chi connectivity index (χ4v) is 2.04. The summed E-state index contributed by atoms with van der Waals surface area (Å²) in [5.41, 5.74) is 0.804. The molecule has 2 aromatic carbocycles. The molecule has 0 aliphatic heterocycles. The van der Waals surface area contributed by atoms with Gasteiger partial charge in [-0.25, -0.2) is 8.78 Å². The van der Waals surface area contributed by atoms with Gasteiger partial charge in [0.15, 0.2) is 0 Å². The third-order valence-corrected chi connectivity index (χ3v) is 3.15. The molecule has 0 bridgehead atoms. The Balaban J connectivity index is 2.27. The number of benzene rings is 2. The Morgan fingerprint density at radius 3 is 2.38 bits per heavy atom. The molecule has 0 heterocycles. The summed E-state index contributed by atoms with van der Waals surface area (Å²) in [5.74, 6) is -2.43. The van der Waals surface area contributed by atoms with Gasteiger partial charge in [0.25, 0.3) is 0 Å². The Hall–Kier alpha value is -2.14. The van der Waals surface area contributed by atoms with Crippen molar-refractivity contribution in [1.29, 1.82) is 0 Å². The number of hydrogen-bond donors (Lipinski definition) is 1. The smallest absolute Gasteiger partial charge is 0.323 e. The van der Waals surface area contributed by atoms with E-state index in [0.717, 1.165) is 12.1 Å². The van der Waals surface area contributed by atoms with Crippen molar-refractivity contribution in [2.45, 2.75) is 6.54 Å². The molecule has 1 N–H and O–H groups in total. The Morgan fingerprint density at radius 2 is 1.81 bits per heavy atom. The molecule has 0 aliphatic rings. The molecule has 0 amide bonds. The van der Waals surface area contributed by atoms with Gasteiger partial charge in [0.2, 0.25) is 0 Å². The molecular formula is C15H12ClF2NO2. The summed E-state index contributed by atoms with van der Waals surface area (Å²) in [6, 6.07) is 9.74. The van der Waals surface area contributed by atoms with E-state index in [1.165, 1.54) is 11.0 Å². The largest absolute Gasteiger partial charge is 0.480 e. The summed E-state index contributed by atoms with van der Waals surface area (Å²) >= 11 is 5.79. The lowest BCUT2D eigenvalue weighted by Gasteiger charge is -2.23. The first-order valence-electron chi connectivity index (χ1n) is 6.12. The minimum absolute atomic E-state index is 0.0139. The summed E-state index contributed by atoms with van der Waals surface area (Å²) < 4.78 is 26.6. The highest BCUT2D eigenvalue weighted by Gasteiger charge is 2.14. The number of anilines is 1. The SMILES string of the molecule is O=C(O)CN(Cc1ccc(F)cc1F)c1ccc(Cl)cc1. The van der Waals surface area contributed by atoms with Crippen LogP contribution in [0, 0.1) is 11.6 Å². The maximum Gasteiger partial charge on any atom is 0.323 e. The quantitative estimate of drug-likeness (QED) is 0.915. The summed E-state index contributed by atoms with van der Waals surface area (Å²) in [4.78, 5) is 12.4. The van der Waals surface area contributed by atoms with Crippen LogP contribution in [0.3, 0.4) is 0 Å². The third-order valence-electron chi connectivity index (χ3n) is 2.89. The zero-order chi connectivity index (χ0) is 15.4. The van der Waals surface area contributed by atoms with Crippen LogP contribution in [0.15, 0.2) is 42.5 Å². The highest BCUT2D eigenvalue weighted by molar-refractivity contribution is 6.30. The highest BCUT2D eigenvalue weighted by atomic mass is 35.5. The molecule has 2 aromatic rings. The number of halogens is 3. The molecule has 0 saturated heterocycles. The van der Waals surface area contributed by atoms with Gasteiger partial charge in [0.05, 0.1) is 0 Å². The van der Waals surface area contributed by atoms with Crippen LogP contribution < -0.4 is 4.90 Å². The van der Waals surface area contributed by atoms with Gasteiger partial charge in [0, 0.05) is 28.9 Å². The van der Waals surface area contributed by atoms with E-state index >= 15 is 0 Å². The summed E-state index contributed by atoms with van der Waals surface area (Å²) in [5, 5.41) is 9.49. The van der Waals surface area contributed by atoms with E-state index in [2.05, 4.69) is 0 Å². The molecule has 0 aromatic heterocycles. The maximum absolute atomic E-state index is 13.7. The third kappa shape index (κ3) is 4.16. The second-order valence-electron chi connectivity index (χ2n) is 4.46. The topological polar surface area (TPSA) is 40.5 Å². The number of rotatable bonds is 5. The molecule has 2 rings (SSSR count). The van der Waals surface area contributed by atoms with Crippen LogP contribution in [-0.2, 0) is 11.3 Å². The fraction of sp³-hybridized carbons (Fsp3) is 0.133. The normalized spacial score (nSPS) is 10.4. The van der Waals surface area contributed by atoms with Gasteiger partial charge in [-0.2, -0.15) is 0 Å². The maximum atomic E-state index is 13.7. The minimum Gasteiger partial charge on any atom is -0.480 e. The Bertz CT molecular complexity index is 647. The van der Waals surface area contributed by atoms with Crippen molar-refractivity contribution in [2.24, 2.45) is 0 Å². The average Bonchev–Trinajstić information content (AvgIpc) is 2.41. The Morgan fingerprint density at radius 1 is 1.14 bits per heavy atom. The van der Waals surface area contributed by atoms with Crippen LogP contribution in [0.5, 0.6) is 0 Å². The lowest BCUT2D eigenvalue weighted by atomic mass is 10.1. The van der Waals surface area contributed by atoms with E-state index in [1.807, 2.05) is 0 Å². The summed E-state index contributed by atoms with van der Waals surface area (Å²) in [6.07, 6.45) is 0. The number of nitrogens with zero attached hydrogens (tertiary/aromatic N) is 1. The Labute approximate surface area is 125 Å². The van der Waals surface area contributed by atoms with E-state index in [9.17, 15) is 13.6 Å². The first-order valence-corrected chi connectivity index (χ1v) is 6.50. The average molecular weight is 312 g/mol. The van der Waals surface area contributed by atoms with Gasteiger partial charge in [0.1, 0.15) is 18.2 Å². The van der Waals surface area contributed by atoms with E-state index in [4.69, 9.17) is 16.7 Å². The van der Waals surface area contributed by atoms with Gasteiger partial charge in [-0.1, -0.05) is 17.7 Å². The molecule has 0 atom stereocenters. The van der Waals surface area contributed by atoms with Gasteiger partial charge in [-0.15, -0.1) is 0 Å². The van der Waals surface area contributed by atoms with Crippen molar-refractivity contribution in [3.05, 3.63) is 64.7 Å². The number of hydrogen-bond acceptors (Lipinski definition) is 2. The predicted molar refractivity (Wildman–Crippen MR) is 76.5 cm³/mol. The van der Waals surface area contributed by atoms with Gasteiger partial charge >= 0.3 is 5.97 Å². The summed E-state index contributed by atoms with van der Waals surface area (Å²) in [7, 11) is 0. The number of carbonyl (C=O) groups is 1. The van der Waals surface area contributed by atoms with Crippen LogP contribution in [0.2, 0.25) is 5.02 Å². The van der Waals surface area contributed by atoms with Crippen LogP contribution in [0.4, 0.5) is 14.5 Å². The first kappa shape index (κ1) is 15.3. The van der Waals surface area contributed by atoms with Crippen molar-refractivity contribution in [3.63, 3.8) is 0 Å². The van der Waals surface area contributed by atoms with E-state index in [1.54, 1.807) is 24.3 Å². The van der Waals surface area contributed by atoms with Crippen molar-refractivity contribution in [2.75, 3.05) is 11.4 Å². The molecule has 3 nitrogen and oxygen atoms in total. The van der Waals surface area contributed by atoms with Crippen molar-refractivity contribution >= 4 is 23.3 Å². The lowest BCUT2D eigenvalue weighted by molar-refractivity contribution is -0.135. The van der Waals surface area contributed by atoms with E-state index in [-0.39, 0.29) is 18.7 Å². The standard InChI is InChI=1S/C15H12ClF2NO2/c16-11-2-5-13(6-3-11)19(9-15(20)21)8-10-1-4-12(17)7-14(10)18/h1-7H,8-9H2,(H,20,21). The molecule has 110 valence electrons. The van der Waals surface area contributed by atoms with Crippen LogP contribution in [0.1, 0.15) is 5.56 Å². The zero-order valence-corrected chi connectivity index (χ0v) is 11.6. The Kier molecular flexibility index (Phi) is 4.75. The molecule has 21 heavy (non-hydrogen) atoms.